The Kier molecular flexibility index (Phi) is 6.89. The maximum absolute atomic E-state index is 11.0. The van der Waals surface area contributed by atoms with E-state index in [0.717, 1.165) is 60.4 Å². The van der Waals surface area contributed by atoms with Gasteiger partial charge in [0, 0.05) is 36.4 Å². The highest BCUT2D eigenvalue weighted by Gasteiger charge is 2.10. The van der Waals surface area contributed by atoms with Crippen LogP contribution in [0.25, 0.3) is 10.9 Å². The molecule has 6 nitrogen and oxygen atoms in total. The van der Waals surface area contributed by atoms with Gasteiger partial charge in [0.25, 0.3) is 0 Å². The van der Waals surface area contributed by atoms with Crippen LogP contribution in [0.3, 0.4) is 0 Å². The van der Waals surface area contributed by atoms with Crippen molar-refractivity contribution < 1.29 is 14.6 Å². The van der Waals surface area contributed by atoms with Crippen molar-refractivity contribution in [3.8, 4) is 5.75 Å². The molecule has 148 valence electrons. The molecule has 2 heterocycles. The molecular weight excluding hydrogens is 354 g/mol. The van der Waals surface area contributed by atoms with Crippen molar-refractivity contribution >= 4 is 22.7 Å². The molecule has 3 rings (SSSR count). The molecule has 0 bridgehead atoms. The van der Waals surface area contributed by atoms with E-state index in [9.17, 15) is 4.79 Å². The van der Waals surface area contributed by atoms with E-state index in [1.165, 1.54) is 0 Å². The summed E-state index contributed by atoms with van der Waals surface area (Å²) in [6, 6.07) is 11.7. The third-order valence-electron chi connectivity index (χ3n) is 4.68. The lowest BCUT2D eigenvalue weighted by molar-refractivity contribution is -0.136. The SMILES string of the molecule is CCCCN(CCCOc1ccc2[nH]cc(CC(=O)O)c2c1)c1ccccn1. The number of H-pyrrole nitrogens is 1. The number of hydrogen-bond acceptors (Lipinski definition) is 4. The fourth-order valence-electron chi connectivity index (χ4n) is 3.23. The van der Waals surface area contributed by atoms with E-state index >= 15 is 0 Å². The van der Waals surface area contributed by atoms with Crippen molar-refractivity contribution in [2.45, 2.75) is 32.6 Å². The van der Waals surface area contributed by atoms with Gasteiger partial charge in [0.15, 0.2) is 0 Å². The van der Waals surface area contributed by atoms with Gasteiger partial charge in [-0.05, 0) is 48.7 Å². The number of carboxylic acids is 1. The third kappa shape index (κ3) is 5.25. The lowest BCUT2D eigenvalue weighted by Gasteiger charge is -2.23. The largest absolute Gasteiger partial charge is 0.494 e. The summed E-state index contributed by atoms with van der Waals surface area (Å²) >= 11 is 0. The Morgan fingerprint density at radius 1 is 1.21 bits per heavy atom. The van der Waals surface area contributed by atoms with Crippen molar-refractivity contribution in [3.05, 3.63) is 54.4 Å². The van der Waals surface area contributed by atoms with E-state index in [1.54, 1.807) is 6.20 Å². The van der Waals surface area contributed by atoms with Crippen molar-refractivity contribution in [1.29, 1.82) is 0 Å². The average Bonchev–Trinajstić information content (AvgIpc) is 3.09. The second kappa shape index (κ2) is 9.78. The van der Waals surface area contributed by atoms with E-state index in [2.05, 4.69) is 21.8 Å². The van der Waals surface area contributed by atoms with E-state index in [4.69, 9.17) is 9.84 Å². The highest BCUT2D eigenvalue weighted by Crippen LogP contribution is 2.24. The molecular formula is C22H27N3O3. The standard InChI is InChI=1S/C22H27N3O3/c1-2-3-11-25(21-7-4-5-10-23-21)12-6-13-28-18-8-9-20-19(15-18)17(16-24-20)14-22(26)27/h4-5,7-10,15-16,24H,2-3,6,11-14H2,1H3,(H,26,27). The van der Waals surface area contributed by atoms with Crippen LogP contribution in [-0.4, -0.2) is 40.7 Å². The van der Waals surface area contributed by atoms with Gasteiger partial charge in [0.2, 0.25) is 0 Å². The van der Waals surface area contributed by atoms with Gasteiger partial charge in [-0.25, -0.2) is 4.98 Å². The number of fused-ring (bicyclic) bond motifs is 1. The second-order valence-electron chi connectivity index (χ2n) is 6.82. The molecule has 0 spiro atoms. The number of pyridine rings is 1. The van der Waals surface area contributed by atoms with Crippen LogP contribution in [0.4, 0.5) is 5.82 Å². The summed E-state index contributed by atoms with van der Waals surface area (Å²) in [7, 11) is 0. The summed E-state index contributed by atoms with van der Waals surface area (Å²) in [5.41, 5.74) is 1.69. The Morgan fingerprint density at radius 3 is 2.82 bits per heavy atom. The normalized spacial score (nSPS) is 10.9. The van der Waals surface area contributed by atoms with Crippen LogP contribution >= 0.6 is 0 Å². The molecule has 6 heteroatoms. The molecule has 1 aromatic carbocycles. The zero-order chi connectivity index (χ0) is 19.8. The van der Waals surface area contributed by atoms with E-state index < -0.39 is 5.97 Å². The minimum atomic E-state index is -0.839. The number of carboxylic acid groups (broad SMARTS) is 1. The number of nitrogens with one attached hydrogen (secondary N) is 1. The number of aromatic nitrogens is 2. The van der Waals surface area contributed by atoms with Crippen LogP contribution in [0.5, 0.6) is 5.75 Å². The van der Waals surface area contributed by atoms with Gasteiger partial charge in [-0.15, -0.1) is 0 Å². The van der Waals surface area contributed by atoms with Gasteiger partial charge in [-0.1, -0.05) is 19.4 Å². The monoisotopic (exact) mass is 381 g/mol. The summed E-state index contributed by atoms with van der Waals surface area (Å²) < 4.78 is 5.93. The van der Waals surface area contributed by atoms with Crippen molar-refractivity contribution in [2.24, 2.45) is 0 Å². The molecule has 0 aliphatic rings. The number of aliphatic carboxylic acids is 1. The first kappa shape index (κ1) is 19.7. The maximum Gasteiger partial charge on any atom is 0.307 e. The smallest absolute Gasteiger partial charge is 0.307 e. The fourth-order valence-corrected chi connectivity index (χ4v) is 3.23. The predicted octanol–water partition coefficient (Wildman–Crippen LogP) is 4.27. The summed E-state index contributed by atoms with van der Waals surface area (Å²) in [5, 5.41) is 9.94. The van der Waals surface area contributed by atoms with E-state index in [-0.39, 0.29) is 6.42 Å². The number of carbonyl (C=O) groups is 1. The Balaban J connectivity index is 1.57. The second-order valence-corrected chi connectivity index (χ2v) is 6.82. The van der Waals surface area contributed by atoms with Gasteiger partial charge in [0.05, 0.1) is 13.0 Å². The maximum atomic E-state index is 11.0. The number of benzene rings is 1. The van der Waals surface area contributed by atoms with Crippen molar-refractivity contribution in [3.63, 3.8) is 0 Å². The topological polar surface area (TPSA) is 78.5 Å². The van der Waals surface area contributed by atoms with Gasteiger partial charge in [-0.3, -0.25) is 4.79 Å². The number of anilines is 1. The summed E-state index contributed by atoms with van der Waals surface area (Å²) in [5.74, 6) is 0.925. The first-order chi connectivity index (χ1) is 13.7. The Labute approximate surface area is 165 Å². The number of rotatable bonds is 11. The molecule has 0 aliphatic heterocycles. The fraction of sp³-hybridized carbons (Fsp3) is 0.364. The molecule has 0 saturated heterocycles. The molecule has 2 N–H and O–H groups in total. The minimum absolute atomic E-state index is 0.0000818. The molecule has 0 fully saturated rings. The number of ether oxygens (including phenoxy) is 1. The Bertz CT molecular complexity index is 892. The number of nitrogens with zero attached hydrogens (tertiary/aromatic N) is 2. The minimum Gasteiger partial charge on any atom is -0.494 e. The number of unbranched alkanes of at least 4 members (excludes halogenated alkanes) is 1. The van der Waals surface area contributed by atoms with Gasteiger partial charge < -0.3 is 19.7 Å². The van der Waals surface area contributed by atoms with Crippen LogP contribution in [0.15, 0.2) is 48.8 Å². The Morgan fingerprint density at radius 2 is 2.07 bits per heavy atom. The first-order valence-corrected chi connectivity index (χ1v) is 9.78. The molecule has 0 aliphatic carbocycles. The molecule has 0 unspecified atom stereocenters. The lowest BCUT2D eigenvalue weighted by Crippen LogP contribution is -2.27. The van der Waals surface area contributed by atoms with E-state index in [1.807, 2.05) is 42.6 Å². The highest BCUT2D eigenvalue weighted by molar-refractivity contribution is 5.87. The quantitative estimate of drug-likeness (QED) is 0.485. The summed E-state index contributed by atoms with van der Waals surface area (Å²) in [6.45, 7) is 4.66. The predicted molar refractivity (Wildman–Crippen MR) is 111 cm³/mol. The molecule has 0 saturated carbocycles. The van der Waals surface area contributed by atoms with Gasteiger partial charge in [0.1, 0.15) is 11.6 Å². The van der Waals surface area contributed by atoms with Crippen LogP contribution in [0.2, 0.25) is 0 Å². The van der Waals surface area contributed by atoms with Crippen LogP contribution in [-0.2, 0) is 11.2 Å². The Hall–Kier alpha value is -3.02. The zero-order valence-electron chi connectivity index (χ0n) is 16.2. The van der Waals surface area contributed by atoms with E-state index in [0.29, 0.717) is 6.61 Å². The molecule has 3 aromatic rings. The molecule has 0 radical (unpaired) electrons. The van der Waals surface area contributed by atoms with Crippen molar-refractivity contribution in [1.82, 2.24) is 9.97 Å². The molecule has 2 aromatic heterocycles. The highest BCUT2D eigenvalue weighted by atomic mass is 16.5. The van der Waals surface area contributed by atoms with Crippen molar-refractivity contribution in [2.75, 3.05) is 24.6 Å². The molecule has 28 heavy (non-hydrogen) atoms. The van der Waals surface area contributed by atoms with Gasteiger partial charge in [-0.2, -0.15) is 0 Å². The average molecular weight is 381 g/mol. The number of hydrogen-bond donors (Lipinski definition) is 2. The van der Waals surface area contributed by atoms with Crippen LogP contribution in [0, 0.1) is 0 Å². The zero-order valence-corrected chi connectivity index (χ0v) is 16.2. The molecule has 0 atom stereocenters. The van der Waals surface area contributed by atoms with Gasteiger partial charge >= 0.3 is 5.97 Å². The van der Waals surface area contributed by atoms with Crippen LogP contribution in [0.1, 0.15) is 31.7 Å². The lowest BCUT2D eigenvalue weighted by atomic mass is 10.1. The van der Waals surface area contributed by atoms with Crippen LogP contribution < -0.4 is 9.64 Å². The summed E-state index contributed by atoms with van der Waals surface area (Å²) in [6.07, 6.45) is 6.74. The molecule has 0 amide bonds. The number of aromatic amines is 1. The third-order valence-corrected chi connectivity index (χ3v) is 4.68. The first-order valence-electron chi connectivity index (χ1n) is 9.78. The summed E-state index contributed by atoms with van der Waals surface area (Å²) in [4.78, 5) is 20.9.